The maximum absolute atomic E-state index is 11.3. The van der Waals surface area contributed by atoms with Crippen molar-refractivity contribution in [3.63, 3.8) is 0 Å². The van der Waals surface area contributed by atoms with Crippen LogP contribution in [-0.4, -0.2) is 38.1 Å². The minimum absolute atomic E-state index is 0.332. The zero-order valence-electron chi connectivity index (χ0n) is 9.20. The summed E-state index contributed by atoms with van der Waals surface area (Å²) in [5.74, 6) is -2.45. The lowest BCUT2D eigenvalue weighted by atomic mass is 10.2. The molecule has 0 saturated heterocycles. The molecule has 6 nitrogen and oxygen atoms in total. The Hall–Kier alpha value is -1.59. The first kappa shape index (κ1) is 13.4. The Bertz CT molecular complexity index is 245. The summed E-state index contributed by atoms with van der Waals surface area (Å²) in [6, 6.07) is -1.39. The van der Waals surface area contributed by atoms with Gasteiger partial charge in [0.05, 0.1) is 14.2 Å². The predicted octanol–water partition coefficient (Wildman–Crippen LogP) is -0.527. The van der Waals surface area contributed by atoms with Gasteiger partial charge in [0.2, 0.25) is 11.9 Å². The van der Waals surface area contributed by atoms with Gasteiger partial charge >= 0.3 is 11.9 Å². The predicted molar refractivity (Wildman–Crippen MR) is 50.8 cm³/mol. The topological polar surface area (TPSA) is 81.7 Å². The quantitative estimate of drug-likeness (QED) is 0.506. The molecule has 0 atom stereocenters. The van der Waals surface area contributed by atoms with E-state index in [9.17, 15) is 14.4 Å². The van der Waals surface area contributed by atoms with E-state index in [4.69, 9.17) is 0 Å². The third-order valence-electron chi connectivity index (χ3n) is 1.68. The van der Waals surface area contributed by atoms with E-state index in [1.165, 1.54) is 0 Å². The van der Waals surface area contributed by atoms with Gasteiger partial charge in [0.1, 0.15) is 0 Å². The largest absolute Gasteiger partial charge is 0.467 e. The van der Waals surface area contributed by atoms with Crippen LogP contribution in [0, 0.1) is 5.92 Å². The fourth-order valence-corrected chi connectivity index (χ4v) is 0.759. The Morgan fingerprint density at radius 2 is 1.40 bits per heavy atom. The normalized spacial score (nSPS) is 10.0. The number of rotatable bonds is 4. The van der Waals surface area contributed by atoms with Gasteiger partial charge in [-0.3, -0.25) is 4.79 Å². The summed E-state index contributed by atoms with van der Waals surface area (Å²) in [5.41, 5.74) is 0. The maximum Gasteiger partial charge on any atom is 0.340 e. The molecule has 0 heterocycles. The molecule has 0 aromatic rings. The highest BCUT2D eigenvalue weighted by Gasteiger charge is 2.30. The van der Waals surface area contributed by atoms with Crippen molar-refractivity contribution < 1.29 is 23.9 Å². The Balaban J connectivity index is 4.59. The number of carbonyl (C=O) groups excluding carboxylic acids is 3. The first-order valence-electron chi connectivity index (χ1n) is 4.40. The summed E-state index contributed by atoms with van der Waals surface area (Å²) < 4.78 is 8.72. The summed E-state index contributed by atoms with van der Waals surface area (Å²) >= 11 is 0. The summed E-state index contributed by atoms with van der Waals surface area (Å²) in [5, 5.41) is 2.23. The molecule has 6 heteroatoms. The van der Waals surface area contributed by atoms with Gasteiger partial charge in [-0.15, -0.1) is 0 Å². The second kappa shape index (κ2) is 6.00. The van der Waals surface area contributed by atoms with Gasteiger partial charge < -0.3 is 14.8 Å². The molecule has 0 saturated carbocycles. The Kier molecular flexibility index (Phi) is 5.36. The SMILES string of the molecule is COC(=O)C(NC(=O)C(C)C)C(=O)OC. The lowest BCUT2D eigenvalue weighted by molar-refractivity contribution is -0.157. The number of methoxy groups -OCH3 is 2. The zero-order valence-corrected chi connectivity index (χ0v) is 9.20. The number of hydrogen-bond donors (Lipinski definition) is 1. The highest BCUT2D eigenvalue weighted by atomic mass is 16.5. The number of hydrogen-bond acceptors (Lipinski definition) is 5. The summed E-state index contributed by atoms with van der Waals surface area (Å²) in [6.07, 6.45) is 0. The van der Waals surface area contributed by atoms with Crippen LogP contribution >= 0.6 is 0 Å². The van der Waals surface area contributed by atoms with Gasteiger partial charge in [-0.1, -0.05) is 13.8 Å². The molecule has 0 aliphatic rings. The van der Waals surface area contributed by atoms with Crippen LogP contribution in [0.25, 0.3) is 0 Å². The van der Waals surface area contributed by atoms with Crippen LogP contribution < -0.4 is 5.32 Å². The molecule has 0 aromatic carbocycles. The lowest BCUT2D eigenvalue weighted by Crippen LogP contribution is -2.48. The van der Waals surface area contributed by atoms with Gasteiger partial charge in [-0.05, 0) is 0 Å². The van der Waals surface area contributed by atoms with Crippen molar-refractivity contribution >= 4 is 17.8 Å². The first-order chi connectivity index (χ1) is 6.93. The number of esters is 2. The molecule has 0 rings (SSSR count). The van der Waals surface area contributed by atoms with Crippen molar-refractivity contribution in [2.24, 2.45) is 5.92 Å². The van der Waals surface area contributed by atoms with E-state index in [-0.39, 0.29) is 5.92 Å². The molecule has 86 valence electrons. The second-order valence-electron chi connectivity index (χ2n) is 3.14. The van der Waals surface area contributed by atoms with Gasteiger partial charge in [0, 0.05) is 5.92 Å². The van der Waals surface area contributed by atoms with Gasteiger partial charge in [-0.25, -0.2) is 9.59 Å². The molecule has 0 radical (unpaired) electrons. The van der Waals surface area contributed by atoms with Gasteiger partial charge in [0.25, 0.3) is 0 Å². The molecule has 15 heavy (non-hydrogen) atoms. The van der Waals surface area contributed by atoms with Crippen LogP contribution in [0.5, 0.6) is 0 Å². The van der Waals surface area contributed by atoms with Crippen molar-refractivity contribution in [1.82, 2.24) is 5.32 Å². The lowest BCUT2D eigenvalue weighted by Gasteiger charge is -2.15. The van der Waals surface area contributed by atoms with E-state index in [0.717, 1.165) is 14.2 Å². The molecule has 1 amide bonds. The molecule has 0 unspecified atom stereocenters. The van der Waals surface area contributed by atoms with Crippen molar-refractivity contribution in [2.75, 3.05) is 14.2 Å². The molecular formula is C9H15NO5. The first-order valence-corrected chi connectivity index (χ1v) is 4.40. The third kappa shape index (κ3) is 3.97. The Morgan fingerprint density at radius 1 is 1.00 bits per heavy atom. The van der Waals surface area contributed by atoms with Crippen molar-refractivity contribution in [3.8, 4) is 0 Å². The van der Waals surface area contributed by atoms with E-state index < -0.39 is 23.9 Å². The Labute approximate surface area is 87.9 Å². The average molecular weight is 217 g/mol. The fourth-order valence-electron chi connectivity index (χ4n) is 0.759. The van der Waals surface area contributed by atoms with E-state index >= 15 is 0 Å². The minimum atomic E-state index is -1.39. The van der Waals surface area contributed by atoms with E-state index in [0.29, 0.717) is 0 Å². The average Bonchev–Trinajstić information content (AvgIpc) is 2.23. The third-order valence-corrected chi connectivity index (χ3v) is 1.68. The Morgan fingerprint density at radius 3 is 1.67 bits per heavy atom. The molecule has 1 N–H and O–H groups in total. The van der Waals surface area contributed by atoms with Crippen LogP contribution in [0.15, 0.2) is 0 Å². The number of carbonyl (C=O) groups is 3. The minimum Gasteiger partial charge on any atom is -0.467 e. The molecule has 0 bridgehead atoms. The van der Waals surface area contributed by atoms with Crippen LogP contribution in [0.1, 0.15) is 13.8 Å². The molecule has 0 fully saturated rings. The maximum atomic E-state index is 11.3. The van der Waals surface area contributed by atoms with E-state index in [1.54, 1.807) is 13.8 Å². The molecule has 0 aliphatic carbocycles. The second-order valence-corrected chi connectivity index (χ2v) is 3.14. The molecular weight excluding hydrogens is 202 g/mol. The zero-order chi connectivity index (χ0) is 12.0. The molecule has 0 aromatic heterocycles. The summed E-state index contributed by atoms with van der Waals surface area (Å²) in [6.45, 7) is 3.28. The number of amides is 1. The van der Waals surface area contributed by atoms with Crippen molar-refractivity contribution in [2.45, 2.75) is 19.9 Å². The summed E-state index contributed by atoms with van der Waals surface area (Å²) in [4.78, 5) is 33.5. The standard InChI is InChI=1S/C9H15NO5/c1-5(2)7(11)10-6(8(12)14-3)9(13)15-4/h5-6H,1-4H3,(H,10,11). The van der Waals surface area contributed by atoms with Crippen LogP contribution in [-0.2, 0) is 23.9 Å². The monoisotopic (exact) mass is 217 g/mol. The number of nitrogens with one attached hydrogen (secondary N) is 1. The van der Waals surface area contributed by atoms with E-state index in [1.807, 2.05) is 0 Å². The summed E-state index contributed by atoms with van der Waals surface area (Å²) in [7, 11) is 2.25. The van der Waals surface area contributed by atoms with E-state index in [2.05, 4.69) is 14.8 Å². The number of ether oxygens (including phenoxy) is 2. The highest BCUT2D eigenvalue weighted by molar-refractivity contribution is 6.02. The van der Waals surface area contributed by atoms with Crippen LogP contribution in [0.3, 0.4) is 0 Å². The van der Waals surface area contributed by atoms with Gasteiger partial charge in [0.15, 0.2) is 0 Å². The van der Waals surface area contributed by atoms with Crippen LogP contribution in [0.4, 0.5) is 0 Å². The van der Waals surface area contributed by atoms with Crippen LogP contribution in [0.2, 0.25) is 0 Å². The fraction of sp³-hybridized carbons (Fsp3) is 0.667. The molecule has 0 spiro atoms. The van der Waals surface area contributed by atoms with Crippen molar-refractivity contribution in [3.05, 3.63) is 0 Å². The van der Waals surface area contributed by atoms with Crippen molar-refractivity contribution in [1.29, 1.82) is 0 Å². The highest BCUT2D eigenvalue weighted by Crippen LogP contribution is 1.97. The smallest absolute Gasteiger partial charge is 0.340 e. The molecule has 0 aliphatic heterocycles. The van der Waals surface area contributed by atoms with Gasteiger partial charge in [-0.2, -0.15) is 0 Å².